The van der Waals surface area contributed by atoms with E-state index in [9.17, 15) is 14.4 Å². The average molecular weight is 339 g/mol. The van der Waals surface area contributed by atoms with E-state index in [1.165, 1.54) is 0 Å². The van der Waals surface area contributed by atoms with Gasteiger partial charge in [-0.2, -0.15) is 0 Å². The number of benzene rings is 2. The van der Waals surface area contributed by atoms with Crippen LogP contribution in [0, 0.1) is 0 Å². The fourth-order valence-electron chi connectivity index (χ4n) is 2.34. The normalized spacial score (nSPS) is 11.4. The molecule has 0 aromatic heterocycles. The van der Waals surface area contributed by atoms with Crippen LogP contribution in [0.1, 0.15) is 22.3 Å². The molecule has 1 atom stereocenters. The molecule has 130 valence electrons. The molecule has 0 saturated heterocycles. The van der Waals surface area contributed by atoms with Crippen LogP contribution >= 0.6 is 0 Å². The van der Waals surface area contributed by atoms with Crippen LogP contribution in [0.3, 0.4) is 0 Å². The van der Waals surface area contributed by atoms with Crippen LogP contribution in [-0.4, -0.2) is 30.3 Å². The van der Waals surface area contributed by atoms with E-state index in [0.717, 1.165) is 5.56 Å². The van der Waals surface area contributed by atoms with E-state index in [2.05, 4.69) is 10.6 Å². The average Bonchev–Trinajstić information content (AvgIpc) is 2.64. The van der Waals surface area contributed by atoms with Gasteiger partial charge in [0.2, 0.25) is 11.8 Å². The molecule has 0 aliphatic rings. The number of rotatable bonds is 8. The first-order valence-corrected chi connectivity index (χ1v) is 8.02. The van der Waals surface area contributed by atoms with Gasteiger partial charge in [-0.15, -0.1) is 0 Å². The molecule has 0 aliphatic heterocycles. The molecular formula is C19H21N3O3. The third-order valence-electron chi connectivity index (χ3n) is 3.69. The van der Waals surface area contributed by atoms with Crippen molar-refractivity contribution in [1.82, 2.24) is 10.6 Å². The number of primary amides is 1. The van der Waals surface area contributed by atoms with Gasteiger partial charge in [0, 0.05) is 5.56 Å². The Morgan fingerprint density at radius 2 is 1.52 bits per heavy atom. The number of hydrogen-bond donors (Lipinski definition) is 3. The van der Waals surface area contributed by atoms with Crippen LogP contribution in [0.15, 0.2) is 60.7 Å². The van der Waals surface area contributed by atoms with Crippen molar-refractivity contribution in [3.05, 3.63) is 71.8 Å². The monoisotopic (exact) mass is 339 g/mol. The van der Waals surface area contributed by atoms with E-state index in [1.54, 1.807) is 30.3 Å². The summed E-state index contributed by atoms with van der Waals surface area (Å²) in [5.41, 5.74) is 6.87. The fraction of sp³-hybridized carbons (Fsp3) is 0.211. The number of carbonyl (C=O) groups excluding carboxylic acids is 3. The molecule has 6 nitrogen and oxygen atoms in total. The smallest absolute Gasteiger partial charge is 0.251 e. The maximum Gasteiger partial charge on any atom is 0.251 e. The molecule has 0 aliphatic carbocycles. The third-order valence-corrected chi connectivity index (χ3v) is 3.69. The van der Waals surface area contributed by atoms with Crippen molar-refractivity contribution in [2.45, 2.75) is 18.9 Å². The number of carbonyl (C=O) groups is 3. The highest BCUT2D eigenvalue weighted by Crippen LogP contribution is 2.05. The van der Waals surface area contributed by atoms with Crippen molar-refractivity contribution < 1.29 is 14.4 Å². The maximum absolute atomic E-state index is 12.0. The predicted molar refractivity (Wildman–Crippen MR) is 94.7 cm³/mol. The van der Waals surface area contributed by atoms with Gasteiger partial charge in [-0.25, -0.2) is 0 Å². The molecule has 3 amide bonds. The Balaban J connectivity index is 1.81. The Kier molecular flexibility index (Phi) is 6.71. The van der Waals surface area contributed by atoms with Gasteiger partial charge in [0.1, 0.15) is 6.04 Å². The summed E-state index contributed by atoms with van der Waals surface area (Å²) in [6.07, 6.45) is 1.02. The van der Waals surface area contributed by atoms with E-state index >= 15 is 0 Å². The van der Waals surface area contributed by atoms with Gasteiger partial charge >= 0.3 is 0 Å². The summed E-state index contributed by atoms with van der Waals surface area (Å²) in [4.78, 5) is 35.4. The van der Waals surface area contributed by atoms with E-state index in [0.29, 0.717) is 18.4 Å². The Bertz CT molecular complexity index is 717. The Hall–Kier alpha value is -3.15. The lowest BCUT2D eigenvalue weighted by Gasteiger charge is -2.16. The predicted octanol–water partition coefficient (Wildman–Crippen LogP) is 1.02. The number of nitrogens with two attached hydrogens (primary N) is 1. The second kappa shape index (κ2) is 9.22. The number of nitrogens with one attached hydrogen (secondary N) is 2. The minimum Gasteiger partial charge on any atom is -0.368 e. The molecule has 0 fully saturated rings. The second-order valence-electron chi connectivity index (χ2n) is 5.60. The van der Waals surface area contributed by atoms with Crippen LogP contribution < -0.4 is 16.4 Å². The molecule has 0 radical (unpaired) electrons. The quantitative estimate of drug-likeness (QED) is 0.669. The van der Waals surface area contributed by atoms with Crippen LogP contribution in [0.2, 0.25) is 0 Å². The number of aryl methyl sites for hydroxylation is 1. The van der Waals surface area contributed by atoms with Crippen molar-refractivity contribution in [1.29, 1.82) is 0 Å². The molecule has 0 heterocycles. The molecule has 2 aromatic carbocycles. The molecule has 6 heteroatoms. The van der Waals surface area contributed by atoms with Gasteiger partial charge in [0.15, 0.2) is 0 Å². The summed E-state index contributed by atoms with van der Waals surface area (Å²) in [5.74, 6) is -1.41. The summed E-state index contributed by atoms with van der Waals surface area (Å²) < 4.78 is 0. The zero-order valence-electron chi connectivity index (χ0n) is 13.8. The Morgan fingerprint density at radius 3 is 2.12 bits per heavy atom. The topological polar surface area (TPSA) is 101 Å². The standard InChI is InChI=1S/C19H21N3O3/c20-18(24)16(12-11-14-7-3-1-4-8-14)22-17(23)13-21-19(25)15-9-5-2-6-10-15/h1-10,16H,11-13H2,(H2,20,24)(H,21,25)(H,22,23)/t16-/m0/s1. The largest absolute Gasteiger partial charge is 0.368 e. The SMILES string of the molecule is NC(=O)[C@H](CCc1ccccc1)NC(=O)CNC(=O)c1ccccc1. The highest BCUT2D eigenvalue weighted by molar-refractivity contribution is 5.97. The molecule has 4 N–H and O–H groups in total. The van der Waals surface area contributed by atoms with Crippen LogP contribution in [-0.2, 0) is 16.0 Å². The Labute approximate surface area is 146 Å². The van der Waals surface area contributed by atoms with Crippen LogP contribution in [0.5, 0.6) is 0 Å². The fourth-order valence-corrected chi connectivity index (χ4v) is 2.34. The molecule has 0 spiro atoms. The van der Waals surface area contributed by atoms with Crippen molar-refractivity contribution in [2.24, 2.45) is 5.73 Å². The van der Waals surface area contributed by atoms with Gasteiger partial charge < -0.3 is 16.4 Å². The molecule has 2 rings (SSSR count). The lowest BCUT2D eigenvalue weighted by molar-refractivity contribution is -0.126. The van der Waals surface area contributed by atoms with Crippen LogP contribution in [0.4, 0.5) is 0 Å². The second-order valence-corrected chi connectivity index (χ2v) is 5.60. The lowest BCUT2D eigenvalue weighted by Crippen LogP contribution is -2.48. The van der Waals surface area contributed by atoms with Gasteiger partial charge in [0.05, 0.1) is 6.54 Å². The first-order chi connectivity index (χ1) is 12.1. The van der Waals surface area contributed by atoms with Crippen molar-refractivity contribution in [2.75, 3.05) is 6.54 Å². The molecule has 25 heavy (non-hydrogen) atoms. The van der Waals surface area contributed by atoms with Gasteiger partial charge in [-0.05, 0) is 30.5 Å². The van der Waals surface area contributed by atoms with Gasteiger partial charge in [-0.1, -0.05) is 48.5 Å². The van der Waals surface area contributed by atoms with Crippen molar-refractivity contribution >= 4 is 17.7 Å². The van der Waals surface area contributed by atoms with Crippen molar-refractivity contribution in [3.8, 4) is 0 Å². The number of hydrogen-bond acceptors (Lipinski definition) is 3. The minimum absolute atomic E-state index is 0.219. The minimum atomic E-state index is -0.777. The highest BCUT2D eigenvalue weighted by Gasteiger charge is 2.18. The molecule has 0 bridgehead atoms. The summed E-state index contributed by atoms with van der Waals surface area (Å²) in [6, 6.07) is 17.4. The van der Waals surface area contributed by atoms with Gasteiger partial charge in [0.25, 0.3) is 5.91 Å². The third kappa shape index (κ3) is 6.10. The maximum atomic E-state index is 12.0. The summed E-state index contributed by atoms with van der Waals surface area (Å²) in [6.45, 7) is -0.219. The molecule has 0 unspecified atom stereocenters. The van der Waals surface area contributed by atoms with E-state index < -0.39 is 17.9 Å². The highest BCUT2D eigenvalue weighted by atomic mass is 16.2. The molecular weight excluding hydrogens is 318 g/mol. The zero-order chi connectivity index (χ0) is 18.1. The van der Waals surface area contributed by atoms with E-state index in [1.807, 2.05) is 30.3 Å². The van der Waals surface area contributed by atoms with Gasteiger partial charge in [-0.3, -0.25) is 14.4 Å². The Morgan fingerprint density at radius 1 is 0.920 bits per heavy atom. The first-order valence-electron chi connectivity index (χ1n) is 8.02. The summed E-state index contributed by atoms with van der Waals surface area (Å²) in [7, 11) is 0. The lowest BCUT2D eigenvalue weighted by atomic mass is 10.0. The van der Waals surface area contributed by atoms with E-state index in [4.69, 9.17) is 5.73 Å². The zero-order valence-corrected chi connectivity index (χ0v) is 13.8. The van der Waals surface area contributed by atoms with Crippen LogP contribution in [0.25, 0.3) is 0 Å². The first kappa shape index (κ1) is 18.2. The van der Waals surface area contributed by atoms with E-state index in [-0.39, 0.29) is 12.5 Å². The van der Waals surface area contributed by atoms with Crippen molar-refractivity contribution in [3.63, 3.8) is 0 Å². The summed E-state index contributed by atoms with van der Waals surface area (Å²) in [5, 5.41) is 5.08. The molecule has 0 saturated carbocycles. The summed E-state index contributed by atoms with van der Waals surface area (Å²) >= 11 is 0. The molecule has 2 aromatic rings. The number of amides is 3.